The Morgan fingerprint density at radius 1 is 1.21 bits per heavy atom. The normalized spacial score (nSPS) is 17.7. The molecule has 6 nitrogen and oxygen atoms in total. The number of esters is 1. The molecule has 0 bridgehead atoms. The number of benzene rings is 1. The van der Waals surface area contributed by atoms with E-state index in [0.29, 0.717) is 24.2 Å². The predicted molar refractivity (Wildman–Crippen MR) is 89.5 cm³/mol. The first-order chi connectivity index (χ1) is 11.7. The molecule has 2 aromatic rings. The van der Waals surface area contributed by atoms with Crippen LogP contribution in [-0.4, -0.2) is 45.9 Å². The highest BCUT2D eigenvalue weighted by Gasteiger charge is 2.29. The first-order valence-corrected chi connectivity index (χ1v) is 8.36. The molecule has 126 valence electrons. The molecule has 1 unspecified atom stereocenters. The van der Waals surface area contributed by atoms with Crippen LogP contribution in [0.1, 0.15) is 43.0 Å². The number of hydrogen-bond acceptors (Lipinski definition) is 5. The Morgan fingerprint density at radius 3 is 2.79 bits per heavy atom. The van der Waals surface area contributed by atoms with Crippen LogP contribution in [0.4, 0.5) is 0 Å². The highest BCUT2D eigenvalue weighted by molar-refractivity contribution is 5.97. The monoisotopic (exact) mass is 327 g/mol. The number of carbonyl (C=O) groups excluding carboxylic acids is 2. The molecule has 0 N–H and O–H groups in total. The van der Waals surface area contributed by atoms with Gasteiger partial charge in [-0.25, -0.2) is 0 Å². The number of aromatic nitrogens is 2. The maximum absolute atomic E-state index is 12.9. The predicted octanol–water partition coefficient (Wildman–Crippen LogP) is 2.58. The zero-order valence-corrected chi connectivity index (χ0v) is 13.8. The van der Waals surface area contributed by atoms with E-state index in [2.05, 4.69) is 9.97 Å². The van der Waals surface area contributed by atoms with Crippen molar-refractivity contribution in [3.63, 3.8) is 0 Å². The third-order valence-electron chi connectivity index (χ3n) is 4.31. The summed E-state index contributed by atoms with van der Waals surface area (Å²) in [7, 11) is 0. The van der Waals surface area contributed by atoms with Crippen molar-refractivity contribution in [2.24, 2.45) is 0 Å². The van der Waals surface area contributed by atoms with E-state index in [4.69, 9.17) is 4.74 Å². The Kier molecular flexibility index (Phi) is 5.03. The lowest BCUT2D eigenvalue weighted by molar-refractivity contribution is -0.144. The van der Waals surface area contributed by atoms with E-state index >= 15 is 0 Å². The van der Waals surface area contributed by atoms with Gasteiger partial charge in [0, 0.05) is 30.5 Å². The van der Waals surface area contributed by atoms with Crippen LogP contribution < -0.4 is 0 Å². The quantitative estimate of drug-likeness (QED) is 0.807. The minimum absolute atomic E-state index is 0.0587. The van der Waals surface area contributed by atoms with Crippen molar-refractivity contribution in [2.75, 3.05) is 13.2 Å². The maximum Gasteiger partial charge on any atom is 0.307 e. The Hall–Kier alpha value is -2.50. The van der Waals surface area contributed by atoms with E-state index < -0.39 is 0 Å². The number of hydrogen-bond donors (Lipinski definition) is 0. The zero-order valence-electron chi connectivity index (χ0n) is 13.8. The number of ether oxygens (including phenoxy) is 1. The smallest absolute Gasteiger partial charge is 0.307 e. The fraction of sp³-hybridized carbons (Fsp3) is 0.444. The van der Waals surface area contributed by atoms with Crippen LogP contribution in [0.5, 0.6) is 0 Å². The van der Waals surface area contributed by atoms with Gasteiger partial charge in [0.1, 0.15) is 0 Å². The summed E-state index contributed by atoms with van der Waals surface area (Å²) in [5, 5.41) is 0. The summed E-state index contributed by atoms with van der Waals surface area (Å²) < 4.78 is 5.04. The van der Waals surface area contributed by atoms with Crippen molar-refractivity contribution in [3.8, 4) is 0 Å². The Labute approximate surface area is 140 Å². The molecule has 1 aromatic carbocycles. The van der Waals surface area contributed by atoms with Crippen LogP contribution in [0, 0.1) is 0 Å². The topological polar surface area (TPSA) is 72.4 Å². The van der Waals surface area contributed by atoms with Crippen LogP contribution in [0.2, 0.25) is 0 Å². The SMILES string of the molecule is CCOC(=O)CC1CCCCN1C(=O)c1ccc2nccnc2c1. The first kappa shape index (κ1) is 16.4. The lowest BCUT2D eigenvalue weighted by Gasteiger charge is -2.35. The van der Waals surface area contributed by atoms with Gasteiger partial charge in [-0.1, -0.05) is 0 Å². The molecule has 1 amide bonds. The molecule has 6 heteroatoms. The van der Waals surface area contributed by atoms with Gasteiger partial charge >= 0.3 is 5.97 Å². The van der Waals surface area contributed by atoms with E-state index in [0.717, 1.165) is 24.8 Å². The Balaban J connectivity index is 1.80. The van der Waals surface area contributed by atoms with Gasteiger partial charge < -0.3 is 9.64 Å². The van der Waals surface area contributed by atoms with Gasteiger partial charge in [0.25, 0.3) is 5.91 Å². The van der Waals surface area contributed by atoms with E-state index in [9.17, 15) is 9.59 Å². The van der Waals surface area contributed by atoms with E-state index in [-0.39, 0.29) is 24.3 Å². The molecular formula is C18H21N3O3. The Morgan fingerprint density at radius 2 is 2.00 bits per heavy atom. The van der Waals surface area contributed by atoms with Crippen molar-refractivity contribution in [1.82, 2.24) is 14.9 Å². The van der Waals surface area contributed by atoms with Crippen LogP contribution in [-0.2, 0) is 9.53 Å². The Bertz CT molecular complexity index is 747. The summed E-state index contributed by atoms with van der Waals surface area (Å²) in [5.41, 5.74) is 2.04. The van der Waals surface area contributed by atoms with Crippen molar-refractivity contribution in [2.45, 2.75) is 38.6 Å². The summed E-state index contributed by atoms with van der Waals surface area (Å²) in [6.07, 6.45) is 6.31. The molecule has 0 aliphatic carbocycles. The minimum Gasteiger partial charge on any atom is -0.466 e. The lowest BCUT2D eigenvalue weighted by atomic mass is 9.98. The third-order valence-corrected chi connectivity index (χ3v) is 4.31. The summed E-state index contributed by atoms with van der Waals surface area (Å²) in [6, 6.07) is 5.25. The zero-order chi connectivity index (χ0) is 16.9. The summed E-state index contributed by atoms with van der Waals surface area (Å²) >= 11 is 0. The van der Waals surface area contributed by atoms with Crippen LogP contribution in [0.3, 0.4) is 0 Å². The van der Waals surface area contributed by atoms with Gasteiger partial charge in [0.2, 0.25) is 0 Å². The summed E-state index contributed by atoms with van der Waals surface area (Å²) in [4.78, 5) is 35.0. The van der Waals surface area contributed by atoms with Gasteiger partial charge in [0.05, 0.1) is 24.1 Å². The van der Waals surface area contributed by atoms with E-state index in [1.54, 1.807) is 42.4 Å². The minimum atomic E-state index is -0.244. The number of fused-ring (bicyclic) bond motifs is 1. The van der Waals surface area contributed by atoms with Crippen molar-refractivity contribution in [1.29, 1.82) is 0 Å². The number of amides is 1. The fourth-order valence-corrected chi connectivity index (χ4v) is 3.15. The van der Waals surface area contributed by atoms with Crippen LogP contribution in [0.25, 0.3) is 11.0 Å². The third kappa shape index (κ3) is 3.53. The van der Waals surface area contributed by atoms with Gasteiger partial charge in [-0.05, 0) is 44.4 Å². The van der Waals surface area contributed by atoms with Crippen molar-refractivity contribution < 1.29 is 14.3 Å². The molecule has 2 heterocycles. The standard InChI is InChI=1S/C18H21N3O3/c1-2-24-17(22)12-14-5-3-4-10-21(14)18(23)13-6-7-15-16(11-13)20-9-8-19-15/h6-9,11,14H,2-5,10,12H2,1H3. The van der Waals surface area contributed by atoms with Gasteiger partial charge in [-0.15, -0.1) is 0 Å². The molecule has 1 atom stereocenters. The summed E-state index contributed by atoms with van der Waals surface area (Å²) in [6.45, 7) is 2.82. The van der Waals surface area contributed by atoms with Crippen LogP contribution >= 0.6 is 0 Å². The second-order valence-corrected chi connectivity index (χ2v) is 5.92. The molecule has 1 aliphatic heterocycles. The van der Waals surface area contributed by atoms with E-state index in [1.165, 1.54) is 0 Å². The highest BCUT2D eigenvalue weighted by Crippen LogP contribution is 2.23. The molecule has 1 saturated heterocycles. The number of piperidine rings is 1. The van der Waals surface area contributed by atoms with E-state index in [1.807, 2.05) is 0 Å². The van der Waals surface area contributed by atoms with Gasteiger partial charge in [0.15, 0.2) is 0 Å². The molecule has 0 saturated carbocycles. The number of carbonyl (C=O) groups is 2. The molecule has 1 aliphatic rings. The fourth-order valence-electron chi connectivity index (χ4n) is 3.15. The molecule has 0 spiro atoms. The maximum atomic E-state index is 12.9. The lowest BCUT2D eigenvalue weighted by Crippen LogP contribution is -2.45. The van der Waals surface area contributed by atoms with Crippen molar-refractivity contribution >= 4 is 22.9 Å². The van der Waals surface area contributed by atoms with Crippen LogP contribution in [0.15, 0.2) is 30.6 Å². The number of likely N-dealkylation sites (tertiary alicyclic amines) is 1. The molecule has 1 aromatic heterocycles. The number of nitrogens with zero attached hydrogens (tertiary/aromatic N) is 3. The average Bonchev–Trinajstić information content (AvgIpc) is 2.61. The molecule has 0 radical (unpaired) electrons. The molecular weight excluding hydrogens is 306 g/mol. The second kappa shape index (κ2) is 7.38. The largest absolute Gasteiger partial charge is 0.466 e. The molecule has 3 rings (SSSR count). The van der Waals surface area contributed by atoms with Gasteiger partial charge in [-0.3, -0.25) is 19.6 Å². The highest BCUT2D eigenvalue weighted by atomic mass is 16.5. The summed E-state index contributed by atoms with van der Waals surface area (Å²) in [5.74, 6) is -0.303. The number of rotatable bonds is 4. The van der Waals surface area contributed by atoms with Gasteiger partial charge in [-0.2, -0.15) is 0 Å². The first-order valence-electron chi connectivity index (χ1n) is 8.36. The molecule has 24 heavy (non-hydrogen) atoms. The molecule has 1 fully saturated rings. The average molecular weight is 327 g/mol. The second-order valence-electron chi connectivity index (χ2n) is 5.92. The van der Waals surface area contributed by atoms with Crippen molar-refractivity contribution in [3.05, 3.63) is 36.2 Å².